The predicted octanol–water partition coefficient (Wildman–Crippen LogP) is 1.70. The summed E-state index contributed by atoms with van der Waals surface area (Å²) >= 11 is 0. The van der Waals surface area contributed by atoms with Gasteiger partial charge in [-0.05, 0) is 12.3 Å². The van der Waals surface area contributed by atoms with Crippen molar-refractivity contribution in [3.8, 4) is 0 Å². The van der Waals surface area contributed by atoms with Crippen LogP contribution in [-0.4, -0.2) is 12.5 Å². The topological polar surface area (TPSA) is 29.1 Å². The highest BCUT2D eigenvalue weighted by Gasteiger charge is 2.20. The van der Waals surface area contributed by atoms with Crippen molar-refractivity contribution < 1.29 is 4.79 Å². The standard InChI is InChI=1S/C9H17NO/c1-2-3-4-5-8-6-9(11)10-7-8/h8H,2-7H2,1H3,(H,10,11)/t8-/m0/s1. The molecule has 1 heterocycles. The van der Waals surface area contributed by atoms with Crippen LogP contribution in [0.4, 0.5) is 0 Å². The third kappa shape index (κ3) is 2.91. The van der Waals surface area contributed by atoms with E-state index in [1.54, 1.807) is 0 Å². The summed E-state index contributed by atoms with van der Waals surface area (Å²) in [5.74, 6) is 0.876. The molecule has 0 aliphatic carbocycles. The zero-order chi connectivity index (χ0) is 8.10. The first-order valence-electron chi connectivity index (χ1n) is 4.59. The predicted molar refractivity (Wildman–Crippen MR) is 45.3 cm³/mol. The highest BCUT2D eigenvalue weighted by atomic mass is 16.1. The Morgan fingerprint density at radius 3 is 2.91 bits per heavy atom. The molecule has 0 aromatic rings. The van der Waals surface area contributed by atoms with E-state index in [1.165, 1.54) is 25.7 Å². The molecule has 1 fully saturated rings. The summed E-state index contributed by atoms with van der Waals surface area (Å²) in [5, 5.41) is 2.86. The fourth-order valence-electron chi connectivity index (χ4n) is 1.55. The van der Waals surface area contributed by atoms with Crippen molar-refractivity contribution in [1.82, 2.24) is 5.32 Å². The number of hydrogen-bond donors (Lipinski definition) is 1. The Morgan fingerprint density at radius 1 is 1.55 bits per heavy atom. The van der Waals surface area contributed by atoms with Gasteiger partial charge < -0.3 is 5.32 Å². The average molecular weight is 155 g/mol. The Balaban J connectivity index is 2.04. The van der Waals surface area contributed by atoms with Crippen molar-refractivity contribution >= 4 is 5.91 Å². The maximum absolute atomic E-state index is 10.8. The lowest BCUT2D eigenvalue weighted by atomic mass is 10.0. The molecule has 1 N–H and O–H groups in total. The van der Waals surface area contributed by atoms with Crippen LogP contribution >= 0.6 is 0 Å². The van der Waals surface area contributed by atoms with Crippen LogP contribution < -0.4 is 5.32 Å². The lowest BCUT2D eigenvalue weighted by Gasteiger charge is -2.04. The van der Waals surface area contributed by atoms with E-state index in [0.29, 0.717) is 5.92 Å². The number of unbranched alkanes of at least 4 members (excludes halogenated alkanes) is 2. The van der Waals surface area contributed by atoms with Gasteiger partial charge in [-0.1, -0.05) is 26.2 Å². The second-order valence-corrected chi connectivity index (χ2v) is 3.37. The molecule has 0 spiro atoms. The maximum Gasteiger partial charge on any atom is 0.220 e. The zero-order valence-electron chi connectivity index (χ0n) is 7.23. The minimum absolute atomic E-state index is 0.242. The van der Waals surface area contributed by atoms with Gasteiger partial charge in [-0.25, -0.2) is 0 Å². The smallest absolute Gasteiger partial charge is 0.220 e. The van der Waals surface area contributed by atoms with E-state index in [1.807, 2.05) is 0 Å². The fraction of sp³-hybridized carbons (Fsp3) is 0.889. The Labute approximate surface area is 68.4 Å². The molecule has 0 unspecified atom stereocenters. The molecule has 0 saturated carbocycles. The van der Waals surface area contributed by atoms with Crippen LogP contribution in [0.1, 0.15) is 39.0 Å². The number of carbonyl (C=O) groups excluding carboxylic acids is 1. The summed E-state index contributed by atoms with van der Waals surface area (Å²) in [6.07, 6.45) is 5.87. The molecule has 1 aliphatic rings. The van der Waals surface area contributed by atoms with E-state index in [9.17, 15) is 4.79 Å². The molecule has 1 amide bonds. The van der Waals surface area contributed by atoms with Crippen molar-refractivity contribution in [2.45, 2.75) is 39.0 Å². The first kappa shape index (κ1) is 8.57. The van der Waals surface area contributed by atoms with Gasteiger partial charge in [0.2, 0.25) is 5.91 Å². The number of rotatable bonds is 4. The Kier molecular flexibility index (Phi) is 3.40. The van der Waals surface area contributed by atoms with Crippen molar-refractivity contribution in [2.75, 3.05) is 6.54 Å². The molecule has 1 saturated heterocycles. The summed E-state index contributed by atoms with van der Waals surface area (Å²) in [6, 6.07) is 0. The normalized spacial score (nSPS) is 23.7. The van der Waals surface area contributed by atoms with Crippen LogP contribution in [-0.2, 0) is 4.79 Å². The molecule has 0 aromatic heterocycles. The van der Waals surface area contributed by atoms with Crippen LogP contribution in [0.2, 0.25) is 0 Å². The second kappa shape index (κ2) is 4.37. The molecule has 0 bridgehead atoms. The van der Waals surface area contributed by atoms with E-state index in [0.717, 1.165) is 13.0 Å². The molecule has 1 atom stereocenters. The summed E-state index contributed by atoms with van der Waals surface area (Å²) in [4.78, 5) is 10.8. The Hall–Kier alpha value is -0.530. The van der Waals surface area contributed by atoms with Crippen LogP contribution in [0.5, 0.6) is 0 Å². The van der Waals surface area contributed by atoms with Gasteiger partial charge in [0.15, 0.2) is 0 Å². The summed E-state index contributed by atoms with van der Waals surface area (Å²) in [6.45, 7) is 3.13. The van der Waals surface area contributed by atoms with Gasteiger partial charge in [0.1, 0.15) is 0 Å². The summed E-state index contributed by atoms with van der Waals surface area (Å²) in [7, 11) is 0. The van der Waals surface area contributed by atoms with Gasteiger partial charge >= 0.3 is 0 Å². The zero-order valence-corrected chi connectivity index (χ0v) is 7.23. The van der Waals surface area contributed by atoms with Crippen LogP contribution in [0, 0.1) is 5.92 Å². The van der Waals surface area contributed by atoms with E-state index in [4.69, 9.17) is 0 Å². The van der Waals surface area contributed by atoms with Crippen molar-refractivity contribution in [3.05, 3.63) is 0 Å². The monoisotopic (exact) mass is 155 g/mol. The van der Waals surface area contributed by atoms with Gasteiger partial charge in [-0.2, -0.15) is 0 Å². The van der Waals surface area contributed by atoms with E-state index < -0.39 is 0 Å². The first-order chi connectivity index (χ1) is 5.33. The van der Waals surface area contributed by atoms with Gasteiger partial charge in [0.25, 0.3) is 0 Å². The van der Waals surface area contributed by atoms with Crippen molar-refractivity contribution in [3.63, 3.8) is 0 Å². The van der Waals surface area contributed by atoms with E-state index in [2.05, 4.69) is 12.2 Å². The molecule has 64 valence electrons. The average Bonchev–Trinajstić information content (AvgIpc) is 2.37. The maximum atomic E-state index is 10.8. The molecule has 2 nitrogen and oxygen atoms in total. The largest absolute Gasteiger partial charge is 0.356 e. The third-order valence-corrected chi connectivity index (χ3v) is 2.28. The molecule has 2 heteroatoms. The van der Waals surface area contributed by atoms with Gasteiger partial charge in [0.05, 0.1) is 0 Å². The lowest BCUT2D eigenvalue weighted by molar-refractivity contribution is -0.119. The second-order valence-electron chi connectivity index (χ2n) is 3.37. The molecule has 1 rings (SSSR count). The van der Waals surface area contributed by atoms with Crippen LogP contribution in [0.3, 0.4) is 0 Å². The summed E-state index contributed by atoms with van der Waals surface area (Å²) < 4.78 is 0. The third-order valence-electron chi connectivity index (χ3n) is 2.28. The Morgan fingerprint density at radius 2 is 2.36 bits per heavy atom. The first-order valence-corrected chi connectivity index (χ1v) is 4.59. The van der Waals surface area contributed by atoms with E-state index in [-0.39, 0.29) is 5.91 Å². The van der Waals surface area contributed by atoms with Crippen LogP contribution in [0.15, 0.2) is 0 Å². The molecular formula is C9H17NO. The molecule has 0 radical (unpaired) electrons. The van der Waals surface area contributed by atoms with Gasteiger partial charge in [-0.15, -0.1) is 0 Å². The molecular weight excluding hydrogens is 138 g/mol. The minimum Gasteiger partial charge on any atom is -0.356 e. The highest BCUT2D eigenvalue weighted by Crippen LogP contribution is 2.16. The number of carbonyl (C=O) groups is 1. The van der Waals surface area contributed by atoms with Crippen LogP contribution in [0.25, 0.3) is 0 Å². The number of amides is 1. The van der Waals surface area contributed by atoms with Crippen molar-refractivity contribution in [2.24, 2.45) is 5.92 Å². The Bertz CT molecular complexity index is 134. The molecule has 1 aliphatic heterocycles. The molecule has 11 heavy (non-hydrogen) atoms. The lowest BCUT2D eigenvalue weighted by Crippen LogP contribution is -2.13. The van der Waals surface area contributed by atoms with Crippen molar-refractivity contribution in [1.29, 1.82) is 0 Å². The minimum atomic E-state index is 0.242. The number of hydrogen-bond acceptors (Lipinski definition) is 1. The van der Waals surface area contributed by atoms with E-state index >= 15 is 0 Å². The highest BCUT2D eigenvalue weighted by molar-refractivity contribution is 5.78. The quantitative estimate of drug-likeness (QED) is 0.615. The summed E-state index contributed by atoms with van der Waals surface area (Å²) in [5.41, 5.74) is 0. The fourth-order valence-corrected chi connectivity index (χ4v) is 1.55. The molecule has 0 aromatic carbocycles. The SMILES string of the molecule is CCCCC[C@@H]1CNC(=O)C1. The van der Waals surface area contributed by atoms with Gasteiger partial charge in [-0.3, -0.25) is 4.79 Å². The number of nitrogens with one attached hydrogen (secondary N) is 1. The van der Waals surface area contributed by atoms with Gasteiger partial charge in [0, 0.05) is 13.0 Å².